The van der Waals surface area contributed by atoms with Crippen molar-refractivity contribution in [1.82, 2.24) is 14.8 Å². The molecular formula is C8H10F5N3. The van der Waals surface area contributed by atoms with Gasteiger partial charge in [-0.05, 0) is 20.8 Å². The summed E-state index contributed by atoms with van der Waals surface area (Å²) in [5.74, 6) is -6.40. The van der Waals surface area contributed by atoms with Gasteiger partial charge in [0.25, 0.3) is 0 Å². The van der Waals surface area contributed by atoms with E-state index in [9.17, 15) is 22.0 Å². The Labute approximate surface area is 88.3 Å². The molecule has 0 saturated heterocycles. The molecular weight excluding hydrogens is 233 g/mol. The first kappa shape index (κ1) is 12.9. The number of aromatic nitrogens is 3. The van der Waals surface area contributed by atoms with Crippen LogP contribution in [0.5, 0.6) is 0 Å². The van der Waals surface area contributed by atoms with E-state index in [2.05, 4.69) is 10.2 Å². The lowest BCUT2D eigenvalue weighted by atomic mass is 10.1. The molecule has 16 heavy (non-hydrogen) atoms. The van der Waals surface area contributed by atoms with E-state index in [4.69, 9.17) is 0 Å². The minimum atomic E-state index is -5.68. The summed E-state index contributed by atoms with van der Waals surface area (Å²) >= 11 is 0. The van der Waals surface area contributed by atoms with Crippen molar-refractivity contribution in [3.05, 3.63) is 12.2 Å². The van der Waals surface area contributed by atoms with Gasteiger partial charge in [-0.2, -0.15) is 22.0 Å². The van der Waals surface area contributed by atoms with Crippen molar-refractivity contribution in [3.8, 4) is 0 Å². The van der Waals surface area contributed by atoms with E-state index in [0.717, 1.165) is 6.33 Å². The summed E-state index contributed by atoms with van der Waals surface area (Å²) in [7, 11) is 0. The molecule has 8 heteroatoms. The largest absolute Gasteiger partial charge is 0.461 e. The van der Waals surface area contributed by atoms with Crippen LogP contribution in [-0.4, -0.2) is 20.9 Å². The molecule has 0 aliphatic heterocycles. The van der Waals surface area contributed by atoms with Gasteiger partial charge in [0.2, 0.25) is 5.82 Å². The van der Waals surface area contributed by atoms with Crippen molar-refractivity contribution in [3.63, 3.8) is 0 Å². The van der Waals surface area contributed by atoms with Crippen molar-refractivity contribution >= 4 is 0 Å². The van der Waals surface area contributed by atoms with Crippen LogP contribution < -0.4 is 0 Å². The van der Waals surface area contributed by atoms with E-state index >= 15 is 0 Å². The lowest BCUT2D eigenvalue weighted by Gasteiger charge is -2.26. The molecule has 1 heterocycles. The first-order chi connectivity index (χ1) is 6.98. The smallest absolute Gasteiger partial charge is 0.307 e. The molecule has 0 N–H and O–H groups in total. The third-order valence-electron chi connectivity index (χ3n) is 1.91. The second kappa shape index (κ2) is 3.39. The molecule has 0 aliphatic carbocycles. The second-order valence-corrected chi connectivity index (χ2v) is 4.27. The summed E-state index contributed by atoms with van der Waals surface area (Å²) in [5.41, 5.74) is -0.951. The third kappa shape index (κ3) is 2.00. The lowest BCUT2D eigenvalue weighted by molar-refractivity contribution is -0.294. The molecule has 0 atom stereocenters. The van der Waals surface area contributed by atoms with Crippen LogP contribution in [0, 0.1) is 0 Å². The van der Waals surface area contributed by atoms with Crippen LogP contribution in [0.3, 0.4) is 0 Å². The highest BCUT2D eigenvalue weighted by Crippen LogP contribution is 2.43. The Morgan fingerprint density at radius 2 is 1.56 bits per heavy atom. The molecule has 0 fully saturated rings. The topological polar surface area (TPSA) is 30.7 Å². The van der Waals surface area contributed by atoms with Crippen molar-refractivity contribution in [1.29, 1.82) is 0 Å². The molecule has 0 aliphatic rings. The second-order valence-electron chi connectivity index (χ2n) is 4.27. The van der Waals surface area contributed by atoms with E-state index in [1.165, 1.54) is 20.8 Å². The van der Waals surface area contributed by atoms with Gasteiger partial charge in [-0.25, -0.2) is 0 Å². The zero-order valence-corrected chi connectivity index (χ0v) is 8.81. The zero-order valence-electron chi connectivity index (χ0n) is 8.81. The third-order valence-corrected chi connectivity index (χ3v) is 1.91. The fourth-order valence-corrected chi connectivity index (χ4v) is 1.07. The molecule has 0 unspecified atom stereocenters. The van der Waals surface area contributed by atoms with Crippen LogP contribution in [0.2, 0.25) is 0 Å². The summed E-state index contributed by atoms with van der Waals surface area (Å²) in [6.07, 6.45) is -4.82. The molecule has 0 aromatic carbocycles. The zero-order chi connectivity index (χ0) is 12.8. The monoisotopic (exact) mass is 243 g/mol. The maximum Gasteiger partial charge on any atom is 0.461 e. The SMILES string of the molecule is CC(C)(C)n1cnnc1C(F)(F)C(F)(F)F. The Kier molecular flexibility index (Phi) is 2.73. The Bertz CT molecular complexity index is 374. The van der Waals surface area contributed by atoms with Gasteiger partial charge in [0.05, 0.1) is 0 Å². The summed E-state index contributed by atoms with van der Waals surface area (Å²) in [6.45, 7) is 4.44. The predicted octanol–water partition coefficient (Wildman–Crippen LogP) is 2.69. The van der Waals surface area contributed by atoms with Crippen molar-refractivity contribution in [2.45, 2.75) is 38.4 Å². The van der Waals surface area contributed by atoms with Crippen molar-refractivity contribution in [2.75, 3.05) is 0 Å². The van der Waals surface area contributed by atoms with Crippen LogP contribution in [-0.2, 0) is 11.5 Å². The fraction of sp³-hybridized carbons (Fsp3) is 0.750. The number of nitrogens with zero attached hydrogens (tertiary/aromatic N) is 3. The van der Waals surface area contributed by atoms with Crippen LogP contribution in [0.1, 0.15) is 26.6 Å². The molecule has 0 bridgehead atoms. The van der Waals surface area contributed by atoms with Crippen LogP contribution in [0.25, 0.3) is 0 Å². The normalized spacial score (nSPS) is 14.2. The van der Waals surface area contributed by atoms with E-state index in [1.54, 1.807) is 0 Å². The van der Waals surface area contributed by atoms with Gasteiger partial charge in [-0.15, -0.1) is 10.2 Å². The van der Waals surface area contributed by atoms with Gasteiger partial charge < -0.3 is 4.57 Å². The molecule has 0 amide bonds. The van der Waals surface area contributed by atoms with Crippen LogP contribution >= 0.6 is 0 Å². The highest BCUT2D eigenvalue weighted by molar-refractivity contribution is 5.03. The molecule has 1 aromatic rings. The number of rotatable bonds is 1. The molecule has 0 radical (unpaired) electrons. The highest BCUT2D eigenvalue weighted by atomic mass is 19.4. The molecule has 1 aromatic heterocycles. The minimum Gasteiger partial charge on any atom is -0.307 e. The van der Waals surface area contributed by atoms with E-state index in [-0.39, 0.29) is 0 Å². The minimum absolute atomic E-state index is 0.709. The van der Waals surface area contributed by atoms with Gasteiger partial charge in [0.1, 0.15) is 6.33 Å². The molecule has 1 rings (SSSR count). The number of alkyl halides is 5. The molecule has 0 saturated carbocycles. The van der Waals surface area contributed by atoms with Gasteiger partial charge in [0.15, 0.2) is 0 Å². The summed E-state index contributed by atoms with van der Waals surface area (Å²) in [4.78, 5) is 0. The maximum absolute atomic E-state index is 13.0. The summed E-state index contributed by atoms with van der Waals surface area (Å²) in [5, 5.41) is 5.97. The van der Waals surface area contributed by atoms with Gasteiger partial charge >= 0.3 is 12.1 Å². The summed E-state index contributed by atoms with van der Waals surface area (Å²) < 4.78 is 63.2. The van der Waals surface area contributed by atoms with Crippen LogP contribution in [0.4, 0.5) is 22.0 Å². The Hall–Kier alpha value is -1.21. The lowest BCUT2D eigenvalue weighted by Crippen LogP contribution is -2.39. The molecule has 0 spiro atoms. The van der Waals surface area contributed by atoms with Crippen molar-refractivity contribution in [2.24, 2.45) is 0 Å². The quantitative estimate of drug-likeness (QED) is 0.710. The number of hydrogen-bond donors (Lipinski definition) is 0. The first-order valence-corrected chi connectivity index (χ1v) is 4.33. The Morgan fingerprint density at radius 1 is 1.06 bits per heavy atom. The average Bonchev–Trinajstić information content (AvgIpc) is 2.47. The highest BCUT2D eigenvalue weighted by Gasteiger charge is 2.62. The van der Waals surface area contributed by atoms with E-state index in [0.29, 0.717) is 4.57 Å². The summed E-state index contributed by atoms with van der Waals surface area (Å²) in [6, 6.07) is 0. The van der Waals surface area contributed by atoms with Crippen LogP contribution in [0.15, 0.2) is 6.33 Å². The predicted molar refractivity (Wildman–Crippen MR) is 45.0 cm³/mol. The standard InChI is InChI=1S/C8H10F5N3/c1-6(2,3)16-4-14-15-5(16)7(9,10)8(11,12)13/h4H,1-3H3. The fourth-order valence-electron chi connectivity index (χ4n) is 1.07. The number of halogens is 5. The van der Waals surface area contributed by atoms with E-state index in [1.807, 2.05) is 0 Å². The van der Waals surface area contributed by atoms with Gasteiger partial charge in [-0.1, -0.05) is 0 Å². The van der Waals surface area contributed by atoms with Gasteiger partial charge in [0, 0.05) is 5.54 Å². The van der Waals surface area contributed by atoms with Gasteiger partial charge in [-0.3, -0.25) is 0 Å². The average molecular weight is 243 g/mol. The first-order valence-electron chi connectivity index (χ1n) is 4.33. The Morgan fingerprint density at radius 3 is 1.94 bits per heavy atom. The number of hydrogen-bond acceptors (Lipinski definition) is 2. The van der Waals surface area contributed by atoms with E-state index < -0.39 is 23.5 Å². The molecule has 3 nitrogen and oxygen atoms in total. The molecule has 92 valence electrons. The Balaban J connectivity index is 3.31. The van der Waals surface area contributed by atoms with Crippen molar-refractivity contribution < 1.29 is 22.0 Å². The maximum atomic E-state index is 13.0.